The van der Waals surface area contributed by atoms with Gasteiger partial charge < -0.3 is 10.0 Å². The Balaban J connectivity index is 1.78. The highest BCUT2D eigenvalue weighted by Crippen LogP contribution is 2.34. The number of carboxylic acids is 1. The number of carbonyl (C=O) groups is 2. The fourth-order valence-electron chi connectivity index (χ4n) is 3.90. The molecule has 5 nitrogen and oxygen atoms in total. The SMILES string of the molecule is O=C(O)c1cc(C(=O)N2CCCC2C2CCCCC2)ccn1. The normalized spacial score (nSPS) is 22.7. The highest BCUT2D eigenvalue weighted by Gasteiger charge is 2.35. The number of pyridine rings is 1. The molecule has 2 fully saturated rings. The van der Waals surface area contributed by atoms with Crippen molar-refractivity contribution in [3.8, 4) is 0 Å². The Labute approximate surface area is 130 Å². The third-order valence-electron chi connectivity index (χ3n) is 4.98. The first-order valence-electron chi connectivity index (χ1n) is 8.17. The summed E-state index contributed by atoms with van der Waals surface area (Å²) < 4.78 is 0. The van der Waals surface area contributed by atoms with E-state index in [1.807, 2.05) is 4.90 Å². The van der Waals surface area contributed by atoms with Gasteiger partial charge in [0.2, 0.25) is 0 Å². The van der Waals surface area contributed by atoms with Crippen molar-refractivity contribution >= 4 is 11.9 Å². The number of amides is 1. The molecule has 0 bridgehead atoms. The molecule has 1 amide bonds. The van der Waals surface area contributed by atoms with Crippen LogP contribution in [-0.4, -0.2) is 39.5 Å². The van der Waals surface area contributed by atoms with Gasteiger partial charge in [-0.1, -0.05) is 19.3 Å². The van der Waals surface area contributed by atoms with Crippen LogP contribution in [0.3, 0.4) is 0 Å². The smallest absolute Gasteiger partial charge is 0.354 e. The largest absolute Gasteiger partial charge is 0.477 e. The minimum Gasteiger partial charge on any atom is -0.477 e. The van der Waals surface area contributed by atoms with Crippen molar-refractivity contribution in [3.63, 3.8) is 0 Å². The summed E-state index contributed by atoms with van der Waals surface area (Å²) in [5, 5.41) is 9.02. The topological polar surface area (TPSA) is 70.5 Å². The third kappa shape index (κ3) is 2.98. The van der Waals surface area contributed by atoms with E-state index in [4.69, 9.17) is 5.11 Å². The van der Waals surface area contributed by atoms with E-state index in [-0.39, 0.29) is 11.6 Å². The van der Waals surface area contributed by atoms with Crippen LogP contribution in [0.15, 0.2) is 18.3 Å². The van der Waals surface area contributed by atoms with E-state index >= 15 is 0 Å². The number of aromatic carboxylic acids is 1. The molecule has 5 heteroatoms. The zero-order valence-electron chi connectivity index (χ0n) is 12.7. The Bertz CT molecular complexity index is 567. The third-order valence-corrected chi connectivity index (χ3v) is 4.98. The van der Waals surface area contributed by atoms with Gasteiger partial charge in [0.25, 0.3) is 5.91 Å². The first-order valence-corrected chi connectivity index (χ1v) is 8.17. The van der Waals surface area contributed by atoms with E-state index in [1.54, 1.807) is 6.07 Å². The van der Waals surface area contributed by atoms with Crippen molar-refractivity contribution in [1.29, 1.82) is 0 Å². The molecule has 118 valence electrons. The minimum absolute atomic E-state index is 0.0435. The summed E-state index contributed by atoms with van der Waals surface area (Å²) >= 11 is 0. The summed E-state index contributed by atoms with van der Waals surface area (Å²) in [5.74, 6) is -0.529. The number of hydrogen-bond acceptors (Lipinski definition) is 3. The highest BCUT2D eigenvalue weighted by atomic mass is 16.4. The second-order valence-electron chi connectivity index (χ2n) is 6.34. The summed E-state index contributed by atoms with van der Waals surface area (Å²) in [6.07, 6.45) is 9.79. The van der Waals surface area contributed by atoms with Crippen molar-refractivity contribution in [2.24, 2.45) is 5.92 Å². The van der Waals surface area contributed by atoms with E-state index in [2.05, 4.69) is 4.98 Å². The van der Waals surface area contributed by atoms with E-state index in [0.29, 0.717) is 17.5 Å². The molecule has 2 aliphatic rings. The Morgan fingerprint density at radius 2 is 1.91 bits per heavy atom. The molecule has 1 unspecified atom stereocenters. The van der Waals surface area contributed by atoms with E-state index in [0.717, 1.165) is 19.4 Å². The molecular weight excluding hydrogens is 280 g/mol. The summed E-state index contributed by atoms with van der Waals surface area (Å²) in [6.45, 7) is 0.782. The van der Waals surface area contributed by atoms with Gasteiger partial charge in [-0.15, -0.1) is 0 Å². The summed E-state index contributed by atoms with van der Waals surface area (Å²) in [6, 6.07) is 3.33. The number of rotatable bonds is 3. The molecule has 2 heterocycles. The number of hydrogen-bond donors (Lipinski definition) is 1. The van der Waals surface area contributed by atoms with Crippen molar-refractivity contribution in [2.75, 3.05) is 6.54 Å². The van der Waals surface area contributed by atoms with E-state index < -0.39 is 5.97 Å². The van der Waals surface area contributed by atoms with E-state index in [1.165, 1.54) is 44.4 Å². The lowest BCUT2D eigenvalue weighted by Gasteiger charge is -2.34. The molecule has 1 saturated carbocycles. The molecule has 3 rings (SSSR count). The van der Waals surface area contributed by atoms with Gasteiger partial charge >= 0.3 is 5.97 Å². The quantitative estimate of drug-likeness (QED) is 0.932. The van der Waals surface area contributed by atoms with Gasteiger partial charge in [-0.3, -0.25) is 4.79 Å². The zero-order valence-corrected chi connectivity index (χ0v) is 12.7. The molecule has 1 atom stereocenters. The van der Waals surface area contributed by atoms with Gasteiger partial charge in [0, 0.05) is 24.3 Å². The van der Waals surface area contributed by atoms with Crippen molar-refractivity contribution in [1.82, 2.24) is 9.88 Å². The number of aromatic nitrogens is 1. The Morgan fingerprint density at radius 1 is 1.14 bits per heavy atom. The van der Waals surface area contributed by atoms with Crippen LogP contribution >= 0.6 is 0 Å². The number of likely N-dealkylation sites (tertiary alicyclic amines) is 1. The lowest BCUT2D eigenvalue weighted by atomic mass is 9.83. The lowest BCUT2D eigenvalue weighted by Crippen LogP contribution is -2.40. The second-order valence-corrected chi connectivity index (χ2v) is 6.34. The molecule has 1 aromatic rings. The average Bonchev–Trinajstić information content (AvgIpc) is 3.04. The molecule has 1 aliphatic heterocycles. The predicted octanol–water partition coefficient (Wildman–Crippen LogP) is 2.96. The van der Waals surface area contributed by atoms with Gasteiger partial charge in [0.15, 0.2) is 0 Å². The summed E-state index contributed by atoms with van der Waals surface area (Å²) in [7, 11) is 0. The fourth-order valence-corrected chi connectivity index (χ4v) is 3.90. The number of carbonyl (C=O) groups excluding carboxylic acids is 1. The summed E-state index contributed by atoms with van der Waals surface area (Å²) in [4.78, 5) is 29.6. The van der Waals surface area contributed by atoms with Gasteiger partial charge in [0.1, 0.15) is 5.69 Å². The molecule has 0 radical (unpaired) electrons. The highest BCUT2D eigenvalue weighted by molar-refractivity contribution is 5.97. The Morgan fingerprint density at radius 3 is 2.64 bits per heavy atom. The lowest BCUT2D eigenvalue weighted by molar-refractivity contribution is 0.0661. The minimum atomic E-state index is -1.10. The standard InChI is InChI=1S/C17H22N2O3/c20-16(13-8-9-18-14(11-13)17(21)22)19-10-4-7-15(19)12-5-2-1-3-6-12/h8-9,11-12,15H,1-7,10H2,(H,21,22). The molecule has 0 aromatic carbocycles. The van der Waals surface area contributed by atoms with Crippen molar-refractivity contribution in [2.45, 2.75) is 51.0 Å². The molecule has 1 saturated heterocycles. The van der Waals surface area contributed by atoms with Gasteiger partial charge in [-0.2, -0.15) is 0 Å². The maximum absolute atomic E-state index is 12.8. The van der Waals surface area contributed by atoms with Crippen LogP contribution in [-0.2, 0) is 0 Å². The Kier molecular flexibility index (Phi) is 4.41. The first kappa shape index (κ1) is 15.0. The van der Waals surface area contributed by atoms with Crippen LogP contribution < -0.4 is 0 Å². The van der Waals surface area contributed by atoms with Gasteiger partial charge in [-0.25, -0.2) is 9.78 Å². The second kappa shape index (κ2) is 6.46. The molecule has 1 aliphatic carbocycles. The monoisotopic (exact) mass is 302 g/mol. The van der Waals surface area contributed by atoms with Gasteiger partial charge in [-0.05, 0) is 43.7 Å². The molecule has 0 spiro atoms. The van der Waals surface area contributed by atoms with Crippen LogP contribution in [0, 0.1) is 5.92 Å². The summed E-state index contributed by atoms with van der Waals surface area (Å²) in [5.41, 5.74) is 0.370. The molecule has 22 heavy (non-hydrogen) atoms. The molecule has 1 aromatic heterocycles. The maximum Gasteiger partial charge on any atom is 0.354 e. The predicted molar refractivity (Wildman–Crippen MR) is 81.8 cm³/mol. The zero-order chi connectivity index (χ0) is 15.5. The van der Waals surface area contributed by atoms with Crippen LogP contribution in [0.25, 0.3) is 0 Å². The van der Waals surface area contributed by atoms with Crippen LogP contribution in [0.2, 0.25) is 0 Å². The Hall–Kier alpha value is -1.91. The van der Waals surface area contributed by atoms with Crippen LogP contribution in [0.1, 0.15) is 65.8 Å². The number of nitrogens with zero attached hydrogens (tertiary/aromatic N) is 2. The fraction of sp³-hybridized carbons (Fsp3) is 0.588. The molecule has 1 N–H and O–H groups in total. The first-order chi connectivity index (χ1) is 10.7. The average molecular weight is 302 g/mol. The van der Waals surface area contributed by atoms with Crippen molar-refractivity contribution < 1.29 is 14.7 Å². The van der Waals surface area contributed by atoms with Crippen LogP contribution in [0.5, 0.6) is 0 Å². The number of carboxylic acid groups (broad SMARTS) is 1. The van der Waals surface area contributed by atoms with Crippen molar-refractivity contribution in [3.05, 3.63) is 29.6 Å². The van der Waals surface area contributed by atoms with Crippen LogP contribution in [0.4, 0.5) is 0 Å². The van der Waals surface area contributed by atoms with E-state index in [9.17, 15) is 9.59 Å². The maximum atomic E-state index is 12.8. The molecular formula is C17H22N2O3. The van der Waals surface area contributed by atoms with Gasteiger partial charge in [0.05, 0.1) is 0 Å².